The van der Waals surface area contributed by atoms with Gasteiger partial charge in [0.25, 0.3) is 0 Å². The Morgan fingerprint density at radius 3 is 2.05 bits per heavy atom. The van der Waals surface area contributed by atoms with E-state index in [-0.39, 0.29) is 23.9 Å². The minimum atomic E-state index is -4.97. The Hall–Kier alpha value is -3.66. The molecule has 0 saturated carbocycles. The van der Waals surface area contributed by atoms with Gasteiger partial charge in [-0.1, -0.05) is 37.6 Å². The maximum Gasteiger partial charge on any atom is 0.416 e. The number of imidazole rings is 1. The van der Waals surface area contributed by atoms with Crippen LogP contribution in [0.25, 0.3) is 28.1 Å². The van der Waals surface area contributed by atoms with Gasteiger partial charge in [0.1, 0.15) is 0 Å². The molecule has 10 heteroatoms. The largest absolute Gasteiger partial charge is 0.416 e. The van der Waals surface area contributed by atoms with Crippen LogP contribution >= 0.6 is 0 Å². The molecule has 0 unspecified atom stereocenters. The highest BCUT2D eigenvalue weighted by Crippen LogP contribution is 2.40. The Kier molecular flexibility index (Phi) is 8.42. The van der Waals surface area contributed by atoms with Crippen molar-refractivity contribution in [3.05, 3.63) is 89.6 Å². The van der Waals surface area contributed by atoms with Gasteiger partial charge in [-0.2, -0.15) is 26.3 Å². The second kappa shape index (κ2) is 11.2. The van der Waals surface area contributed by atoms with Crippen molar-refractivity contribution in [2.24, 2.45) is 0 Å². The summed E-state index contributed by atoms with van der Waals surface area (Å²) in [5.41, 5.74) is 0.484. The van der Waals surface area contributed by atoms with Gasteiger partial charge in [-0.3, -0.25) is 9.55 Å². The summed E-state index contributed by atoms with van der Waals surface area (Å²) in [6, 6.07) is 8.77. The number of aliphatic hydroxyl groups is 1. The van der Waals surface area contributed by atoms with Crippen molar-refractivity contribution in [1.29, 1.82) is 0 Å². The molecule has 4 rings (SSSR count). The first kappa shape index (κ1) is 27.9. The van der Waals surface area contributed by atoms with Gasteiger partial charge in [0, 0.05) is 23.9 Å². The molecule has 2 aromatic heterocycles. The highest BCUT2D eigenvalue weighted by molar-refractivity contribution is 5.77. The summed E-state index contributed by atoms with van der Waals surface area (Å²) in [6.45, 7) is 5.79. The summed E-state index contributed by atoms with van der Waals surface area (Å²) in [7, 11) is 0. The Labute approximate surface area is 210 Å². The first-order valence-corrected chi connectivity index (χ1v) is 11.5. The summed E-state index contributed by atoms with van der Waals surface area (Å²) in [6.07, 6.45) is -4.07. The second-order valence-corrected chi connectivity index (χ2v) is 7.97. The van der Waals surface area contributed by atoms with Crippen molar-refractivity contribution >= 4 is 0 Å². The monoisotopic (exact) mass is 521 g/mol. The van der Waals surface area contributed by atoms with Crippen LogP contribution in [-0.4, -0.2) is 26.2 Å². The Bertz CT molecular complexity index is 1330. The fourth-order valence-electron chi connectivity index (χ4n) is 3.89. The van der Waals surface area contributed by atoms with E-state index in [0.29, 0.717) is 29.8 Å². The SMILES string of the molecule is CC.Cc1ccc(CCO)c(-c2ccncc2-n2cncc2-c2cc(C(F)(F)F)cc(C(F)(F)F)c2)c1. The van der Waals surface area contributed by atoms with Crippen molar-refractivity contribution in [1.82, 2.24) is 14.5 Å². The molecule has 2 heterocycles. The number of aryl methyl sites for hydroxylation is 1. The molecule has 2 aromatic carbocycles. The van der Waals surface area contributed by atoms with Crippen molar-refractivity contribution in [3.63, 3.8) is 0 Å². The lowest BCUT2D eigenvalue weighted by Gasteiger charge is -2.18. The predicted molar refractivity (Wildman–Crippen MR) is 129 cm³/mol. The molecular formula is C27H25F6N3O. The number of benzene rings is 2. The number of rotatable bonds is 5. The molecular weight excluding hydrogens is 496 g/mol. The number of nitrogens with zero attached hydrogens (tertiary/aromatic N) is 3. The number of pyridine rings is 1. The molecule has 4 aromatic rings. The zero-order valence-corrected chi connectivity index (χ0v) is 20.3. The van der Waals surface area contributed by atoms with Crippen molar-refractivity contribution in [2.45, 2.75) is 39.5 Å². The number of hydrogen-bond acceptors (Lipinski definition) is 3. The first-order chi connectivity index (χ1) is 17.5. The van der Waals surface area contributed by atoms with Crippen LogP contribution in [-0.2, 0) is 18.8 Å². The van der Waals surface area contributed by atoms with Gasteiger partial charge in [0.05, 0.1) is 41.2 Å². The minimum Gasteiger partial charge on any atom is -0.396 e. The zero-order valence-electron chi connectivity index (χ0n) is 20.3. The van der Waals surface area contributed by atoms with E-state index in [1.165, 1.54) is 29.5 Å². The van der Waals surface area contributed by atoms with Gasteiger partial charge < -0.3 is 5.11 Å². The highest BCUT2D eigenvalue weighted by atomic mass is 19.4. The fourth-order valence-corrected chi connectivity index (χ4v) is 3.89. The lowest BCUT2D eigenvalue weighted by atomic mass is 9.95. The lowest BCUT2D eigenvalue weighted by Crippen LogP contribution is -2.11. The quantitative estimate of drug-likeness (QED) is 0.277. The molecule has 1 N–H and O–H groups in total. The van der Waals surface area contributed by atoms with Crippen LogP contribution < -0.4 is 0 Å². The van der Waals surface area contributed by atoms with Crippen LogP contribution in [0.2, 0.25) is 0 Å². The molecule has 0 amide bonds. The van der Waals surface area contributed by atoms with E-state index in [9.17, 15) is 31.4 Å². The van der Waals surface area contributed by atoms with Gasteiger partial charge in [0.2, 0.25) is 0 Å². The van der Waals surface area contributed by atoms with Gasteiger partial charge in [-0.15, -0.1) is 0 Å². The number of aromatic nitrogens is 3. The maximum atomic E-state index is 13.4. The third-order valence-electron chi connectivity index (χ3n) is 5.52. The molecule has 0 atom stereocenters. The van der Waals surface area contributed by atoms with Crippen molar-refractivity contribution < 1.29 is 31.4 Å². The van der Waals surface area contributed by atoms with Crippen LogP contribution in [0.1, 0.15) is 36.1 Å². The standard InChI is InChI=1S/C25H19F6N3O.C2H6/c1-15-2-3-16(5-7-35)21(8-15)20-4-6-32-13-23(20)34-14-33-12-22(34)17-9-18(24(26,27)28)11-19(10-17)25(29,30)31;1-2/h2-4,6,8-14,35H,5,7H2,1H3;1-2H3. The van der Waals surface area contributed by atoms with Crippen molar-refractivity contribution in [3.8, 4) is 28.1 Å². The first-order valence-electron chi connectivity index (χ1n) is 11.5. The molecule has 0 saturated heterocycles. The summed E-state index contributed by atoms with van der Waals surface area (Å²) in [4.78, 5) is 8.12. The molecule has 0 aliphatic heterocycles. The van der Waals surface area contributed by atoms with E-state index in [4.69, 9.17) is 0 Å². The molecule has 0 bridgehead atoms. The second-order valence-electron chi connectivity index (χ2n) is 7.97. The summed E-state index contributed by atoms with van der Waals surface area (Å²) in [5, 5.41) is 9.48. The Morgan fingerprint density at radius 2 is 1.46 bits per heavy atom. The molecule has 0 aliphatic carbocycles. The maximum absolute atomic E-state index is 13.4. The molecule has 0 radical (unpaired) electrons. The summed E-state index contributed by atoms with van der Waals surface area (Å²) >= 11 is 0. The Balaban J connectivity index is 0.00000186. The number of aliphatic hydroxyl groups excluding tert-OH is 1. The lowest BCUT2D eigenvalue weighted by molar-refractivity contribution is -0.143. The average Bonchev–Trinajstić information content (AvgIpc) is 3.35. The minimum absolute atomic E-state index is 0.0345. The Morgan fingerprint density at radius 1 is 0.811 bits per heavy atom. The number of halogens is 6. The van der Waals surface area contributed by atoms with Gasteiger partial charge >= 0.3 is 12.4 Å². The van der Waals surface area contributed by atoms with Gasteiger partial charge in [-0.05, 0) is 48.7 Å². The smallest absolute Gasteiger partial charge is 0.396 e. The van der Waals surface area contributed by atoms with Crippen LogP contribution in [0.4, 0.5) is 26.3 Å². The fraction of sp³-hybridized carbons (Fsp3) is 0.259. The molecule has 4 nitrogen and oxygen atoms in total. The third kappa shape index (κ3) is 6.19. The summed E-state index contributed by atoms with van der Waals surface area (Å²) < 4.78 is 81.9. The molecule has 0 fully saturated rings. The molecule has 0 aliphatic rings. The van der Waals surface area contributed by atoms with Crippen molar-refractivity contribution in [2.75, 3.05) is 6.61 Å². The van der Waals surface area contributed by atoms with E-state index in [0.717, 1.165) is 16.7 Å². The number of alkyl halides is 6. The van der Waals surface area contributed by atoms with Gasteiger partial charge in [-0.25, -0.2) is 4.98 Å². The number of hydrogen-bond donors (Lipinski definition) is 1. The third-order valence-corrected chi connectivity index (χ3v) is 5.52. The van der Waals surface area contributed by atoms with E-state index in [2.05, 4.69) is 9.97 Å². The topological polar surface area (TPSA) is 50.9 Å². The molecule has 37 heavy (non-hydrogen) atoms. The van der Waals surface area contributed by atoms with E-state index < -0.39 is 23.5 Å². The average molecular weight is 522 g/mol. The summed E-state index contributed by atoms with van der Waals surface area (Å²) in [5.74, 6) is 0. The van der Waals surface area contributed by atoms with Crippen LogP contribution in [0.3, 0.4) is 0 Å². The zero-order chi connectivity index (χ0) is 27.4. The van der Waals surface area contributed by atoms with Crippen LogP contribution in [0, 0.1) is 6.92 Å². The van der Waals surface area contributed by atoms with E-state index in [1.54, 1.807) is 6.07 Å². The predicted octanol–water partition coefficient (Wildman–Crippen LogP) is 7.51. The highest BCUT2D eigenvalue weighted by Gasteiger charge is 2.37. The van der Waals surface area contributed by atoms with Crippen LogP contribution in [0.15, 0.2) is 67.4 Å². The molecule has 0 spiro atoms. The molecule has 196 valence electrons. The normalized spacial score (nSPS) is 11.7. The van der Waals surface area contributed by atoms with E-state index in [1.807, 2.05) is 39.0 Å². The van der Waals surface area contributed by atoms with E-state index >= 15 is 0 Å². The van der Waals surface area contributed by atoms with Crippen LogP contribution in [0.5, 0.6) is 0 Å². The van der Waals surface area contributed by atoms with Gasteiger partial charge in [0.15, 0.2) is 0 Å².